The van der Waals surface area contributed by atoms with Crippen molar-refractivity contribution >= 4 is 5.71 Å². The number of aliphatic imine (C=N–C) groups is 1. The van der Waals surface area contributed by atoms with Gasteiger partial charge in [-0.15, -0.1) is 0 Å². The Bertz CT molecular complexity index is 153. The molecule has 1 nitrogen and oxygen atoms in total. The molecule has 0 saturated heterocycles. The molecule has 0 aliphatic carbocycles. The van der Waals surface area contributed by atoms with Gasteiger partial charge in [0.05, 0.1) is 5.54 Å². The zero-order valence-corrected chi connectivity index (χ0v) is 8.95. The monoisotopic (exact) mass is 155 g/mol. The number of hydrogen-bond donors (Lipinski definition) is 0. The molecule has 0 radical (unpaired) electrons. The van der Waals surface area contributed by atoms with Crippen LogP contribution in [0.1, 0.15) is 48.5 Å². The van der Waals surface area contributed by atoms with Gasteiger partial charge in [-0.1, -0.05) is 20.8 Å². The highest BCUT2D eigenvalue weighted by molar-refractivity contribution is 5.87. The standard InChI is InChI=1S/C10H21N/c1-8(9(2,3)4)11-10(5,6)7/h1-7H3/b11-8-. The summed E-state index contributed by atoms with van der Waals surface area (Å²) in [6.45, 7) is 15.1. The van der Waals surface area contributed by atoms with Gasteiger partial charge in [-0.25, -0.2) is 0 Å². The molecule has 0 fully saturated rings. The first-order valence-electron chi connectivity index (χ1n) is 4.20. The van der Waals surface area contributed by atoms with Crippen molar-refractivity contribution in [2.45, 2.75) is 54.0 Å². The van der Waals surface area contributed by atoms with Gasteiger partial charge in [-0.2, -0.15) is 0 Å². The third-order valence-electron chi connectivity index (χ3n) is 1.59. The molecule has 0 saturated carbocycles. The SMILES string of the molecule is C/C(=N/C(C)(C)C)C(C)(C)C. The van der Waals surface area contributed by atoms with Crippen molar-refractivity contribution in [1.29, 1.82) is 0 Å². The maximum absolute atomic E-state index is 4.60. The van der Waals surface area contributed by atoms with Crippen LogP contribution in [-0.2, 0) is 0 Å². The third kappa shape index (κ3) is 5.00. The minimum absolute atomic E-state index is 0.0668. The summed E-state index contributed by atoms with van der Waals surface area (Å²) >= 11 is 0. The van der Waals surface area contributed by atoms with Crippen molar-refractivity contribution < 1.29 is 0 Å². The van der Waals surface area contributed by atoms with Gasteiger partial charge in [0.2, 0.25) is 0 Å². The molecule has 0 aliphatic rings. The molecule has 0 aliphatic heterocycles. The summed E-state index contributed by atoms with van der Waals surface area (Å²) in [4.78, 5) is 4.60. The van der Waals surface area contributed by atoms with Crippen molar-refractivity contribution in [1.82, 2.24) is 0 Å². The van der Waals surface area contributed by atoms with Crippen LogP contribution < -0.4 is 0 Å². The second kappa shape index (κ2) is 2.96. The van der Waals surface area contributed by atoms with E-state index in [2.05, 4.69) is 53.5 Å². The Morgan fingerprint density at radius 2 is 1.27 bits per heavy atom. The topological polar surface area (TPSA) is 12.4 Å². The largest absolute Gasteiger partial charge is 0.288 e. The molecule has 0 N–H and O–H groups in total. The number of hydrogen-bond acceptors (Lipinski definition) is 1. The second-order valence-corrected chi connectivity index (χ2v) is 5.12. The molecule has 0 rings (SSSR count). The van der Waals surface area contributed by atoms with Crippen LogP contribution in [-0.4, -0.2) is 11.3 Å². The summed E-state index contributed by atoms with van der Waals surface area (Å²) in [5.41, 5.74) is 1.51. The molecule has 1 heteroatoms. The van der Waals surface area contributed by atoms with Crippen LogP contribution in [0.4, 0.5) is 0 Å². The van der Waals surface area contributed by atoms with Gasteiger partial charge in [0, 0.05) is 5.71 Å². The maximum Gasteiger partial charge on any atom is 0.0523 e. The fraction of sp³-hybridized carbons (Fsp3) is 0.900. The molecular formula is C10H21N. The fourth-order valence-electron chi connectivity index (χ4n) is 0.671. The Kier molecular flexibility index (Phi) is 2.87. The lowest BCUT2D eigenvalue weighted by atomic mass is 9.90. The summed E-state index contributed by atoms with van der Waals surface area (Å²) in [6.07, 6.45) is 0. The molecule has 0 bridgehead atoms. The van der Waals surface area contributed by atoms with Crippen LogP contribution in [0.25, 0.3) is 0 Å². The first-order valence-corrected chi connectivity index (χ1v) is 4.20. The van der Waals surface area contributed by atoms with E-state index in [0.29, 0.717) is 0 Å². The lowest BCUT2D eigenvalue weighted by Gasteiger charge is -2.22. The molecule has 0 heterocycles. The molecule has 0 aromatic rings. The van der Waals surface area contributed by atoms with E-state index in [1.54, 1.807) is 0 Å². The summed E-state index contributed by atoms with van der Waals surface area (Å²) in [5, 5.41) is 0. The van der Waals surface area contributed by atoms with Crippen molar-refractivity contribution in [3.8, 4) is 0 Å². The smallest absolute Gasteiger partial charge is 0.0523 e. The van der Waals surface area contributed by atoms with E-state index >= 15 is 0 Å². The number of rotatable bonds is 0. The zero-order chi connectivity index (χ0) is 9.28. The predicted octanol–water partition coefficient (Wildman–Crippen LogP) is 3.29. The first kappa shape index (κ1) is 10.7. The van der Waals surface area contributed by atoms with Crippen LogP contribution in [0, 0.1) is 5.41 Å². The first-order chi connectivity index (χ1) is 4.63. The Morgan fingerprint density at radius 3 is 1.36 bits per heavy atom. The Morgan fingerprint density at radius 1 is 0.909 bits per heavy atom. The highest BCUT2D eigenvalue weighted by Gasteiger charge is 2.17. The van der Waals surface area contributed by atoms with E-state index in [-0.39, 0.29) is 11.0 Å². The van der Waals surface area contributed by atoms with Gasteiger partial charge >= 0.3 is 0 Å². The molecule has 11 heavy (non-hydrogen) atoms. The molecule has 0 aromatic carbocycles. The number of nitrogens with zero attached hydrogens (tertiary/aromatic N) is 1. The Balaban J connectivity index is 4.49. The second-order valence-electron chi connectivity index (χ2n) is 5.12. The summed E-state index contributed by atoms with van der Waals surface area (Å²) in [7, 11) is 0. The van der Waals surface area contributed by atoms with Crippen LogP contribution in [0.2, 0.25) is 0 Å². The normalized spacial score (nSPS) is 15.4. The zero-order valence-electron chi connectivity index (χ0n) is 8.95. The Hall–Kier alpha value is -0.330. The Labute approximate surface area is 70.9 Å². The van der Waals surface area contributed by atoms with E-state index in [9.17, 15) is 0 Å². The fourth-order valence-corrected chi connectivity index (χ4v) is 0.671. The van der Waals surface area contributed by atoms with Crippen LogP contribution >= 0.6 is 0 Å². The quantitative estimate of drug-likeness (QED) is 0.476. The molecule has 0 unspecified atom stereocenters. The maximum atomic E-state index is 4.60. The van der Waals surface area contributed by atoms with Gasteiger partial charge < -0.3 is 0 Å². The van der Waals surface area contributed by atoms with Crippen molar-refractivity contribution in [2.24, 2.45) is 10.4 Å². The molecule has 0 atom stereocenters. The van der Waals surface area contributed by atoms with Crippen molar-refractivity contribution in [3.05, 3.63) is 0 Å². The average molecular weight is 155 g/mol. The van der Waals surface area contributed by atoms with Crippen molar-refractivity contribution in [3.63, 3.8) is 0 Å². The van der Waals surface area contributed by atoms with E-state index in [1.165, 1.54) is 5.71 Å². The van der Waals surface area contributed by atoms with Gasteiger partial charge in [0.25, 0.3) is 0 Å². The van der Waals surface area contributed by atoms with E-state index in [0.717, 1.165) is 0 Å². The van der Waals surface area contributed by atoms with E-state index in [1.807, 2.05) is 0 Å². The minimum atomic E-state index is 0.0668. The molecule has 66 valence electrons. The van der Waals surface area contributed by atoms with Gasteiger partial charge in [-0.3, -0.25) is 4.99 Å². The highest BCUT2D eigenvalue weighted by Crippen LogP contribution is 2.19. The lowest BCUT2D eigenvalue weighted by molar-refractivity contribution is 0.538. The molecule has 0 aromatic heterocycles. The molecule has 0 spiro atoms. The molecule has 0 amide bonds. The predicted molar refractivity (Wildman–Crippen MR) is 52.3 cm³/mol. The van der Waals surface area contributed by atoms with E-state index < -0.39 is 0 Å². The third-order valence-corrected chi connectivity index (χ3v) is 1.59. The summed E-state index contributed by atoms with van der Waals surface area (Å²) < 4.78 is 0. The highest BCUT2D eigenvalue weighted by atomic mass is 14.8. The van der Waals surface area contributed by atoms with Gasteiger partial charge in [0.1, 0.15) is 0 Å². The molecular weight excluding hydrogens is 134 g/mol. The van der Waals surface area contributed by atoms with Crippen LogP contribution in [0.5, 0.6) is 0 Å². The average Bonchev–Trinajstić information content (AvgIpc) is 1.56. The minimum Gasteiger partial charge on any atom is -0.288 e. The van der Waals surface area contributed by atoms with Crippen LogP contribution in [0.15, 0.2) is 4.99 Å². The summed E-state index contributed by atoms with van der Waals surface area (Å²) in [5.74, 6) is 0. The lowest BCUT2D eigenvalue weighted by Crippen LogP contribution is -2.22. The van der Waals surface area contributed by atoms with Crippen molar-refractivity contribution in [2.75, 3.05) is 0 Å². The van der Waals surface area contributed by atoms with Gasteiger partial charge in [-0.05, 0) is 33.1 Å². The van der Waals surface area contributed by atoms with Crippen LogP contribution in [0.3, 0.4) is 0 Å². The summed E-state index contributed by atoms with van der Waals surface area (Å²) in [6, 6.07) is 0. The van der Waals surface area contributed by atoms with E-state index in [4.69, 9.17) is 0 Å². The van der Waals surface area contributed by atoms with Gasteiger partial charge in [0.15, 0.2) is 0 Å².